The third kappa shape index (κ3) is 3.82. The van der Waals surface area contributed by atoms with Crippen LogP contribution < -0.4 is 11.1 Å². The summed E-state index contributed by atoms with van der Waals surface area (Å²) in [6, 6.07) is 8.17. The van der Waals surface area contributed by atoms with Gasteiger partial charge in [-0.25, -0.2) is 9.97 Å². The fraction of sp³-hybridized carbons (Fsp3) is 0.286. The van der Waals surface area contributed by atoms with Gasteiger partial charge in [-0.1, -0.05) is 35.9 Å². The van der Waals surface area contributed by atoms with Crippen LogP contribution in [0.1, 0.15) is 18.1 Å². The lowest BCUT2D eigenvalue weighted by atomic mass is 10.1. The van der Waals surface area contributed by atoms with E-state index in [1.165, 1.54) is 6.33 Å². The van der Waals surface area contributed by atoms with Gasteiger partial charge in [0.15, 0.2) is 5.82 Å². The Balaban J connectivity index is 1.95. The van der Waals surface area contributed by atoms with Crippen LogP contribution in [-0.4, -0.2) is 16.6 Å². The number of hydrogen-bond donors (Lipinski definition) is 2. The number of nitrogen functional groups attached to an aromatic ring is 1. The van der Waals surface area contributed by atoms with Crippen molar-refractivity contribution < 1.29 is 4.74 Å². The first-order valence-corrected chi connectivity index (χ1v) is 6.74. The normalized spacial score (nSPS) is 10.5. The first kappa shape index (κ1) is 14.6. The molecule has 2 rings (SSSR count). The minimum Gasteiger partial charge on any atom is -0.382 e. The fourth-order valence-corrected chi connectivity index (χ4v) is 1.83. The molecule has 0 saturated carbocycles. The first-order valence-electron chi connectivity index (χ1n) is 6.36. The van der Waals surface area contributed by atoms with Crippen LogP contribution in [0.2, 0.25) is 5.02 Å². The highest BCUT2D eigenvalue weighted by molar-refractivity contribution is 6.35. The van der Waals surface area contributed by atoms with Gasteiger partial charge in [-0.05, 0) is 18.1 Å². The van der Waals surface area contributed by atoms with Crippen LogP contribution in [0.3, 0.4) is 0 Å². The third-order valence-electron chi connectivity index (χ3n) is 2.77. The summed E-state index contributed by atoms with van der Waals surface area (Å²) in [5, 5.41) is 3.49. The van der Waals surface area contributed by atoms with E-state index in [0.29, 0.717) is 24.0 Å². The predicted molar refractivity (Wildman–Crippen MR) is 80.6 cm³/mol. The molecule has 0 fully saturated rings. The minimum absolute atomic E-state index is 0.274. The highest BCUT2D eigenvalue weighted by Crippen LogP contribution is 2.23. The summed E-state index contributed by atoms with van der Waals surface area (Å²) in [5.74, 6) is 0.814. The van der Waals surface area contributed by atoms with Crippen molar-refractivity contribution in [2.24, 2.45) is 0 Å². The molecule has 106 valence electrons. The van der Waals surface area contributed by atoms with Gasteiger partial charge in [0, 0.05) is 13.2 Å². The standard InChI is InChI=1S/C14H17ClN4O/c1-2-20-8-11-5-3-10(4-6-11)7-17-14-12(15)13(16)18-9-19-14/h3-6,9H,2,7-8H2,1H3,(H3,16,17,18,19). The van der Waals surface area contributed by atoms with Gasteiger partial charge < -0.3 is 15.8 Å². The van der Waals surface area contributed by atoms with Crippen molar-refractivity contribution in [1.82, 2.24) is 9.97 Å². The Kier molecular flexibility index (Phi) is 5.15. The molecule has 0 radical (unpaired) electrons. The molecule has 0 aliphatic heterocycles. The Bertz CT molecular complexity index is 560. The van der Waals surface area contributed by atoms with Crippen molar-refractivity contribution in [2.45, 2.75) is 20.1 Å². The number of ether oxygens (including phenoxy) is 1. The zero-order chi connectivity index (χ0) is 14.4. The van der Waals surface area contributed by atoms with Gasteiger partial charge in [-0.2, -0.15) is 0 Å². The topological polar surface area (TPSA) is 73.1 Å². The highest BCUT2D eigenvalue weighted by atomic mass is 35.5. The molecule has 0 spiro atoms. The monoisotopic (exact) mass is 292 g/mol. The number of nitrogens with zero attached hydrogens (tertiary/aromatic N) is 2. The number of halogens is 1. The van der Waals surface area contributed by atoms with Crippen LogP contribution in [0.4, 0.5) is 11.6 Å². The zero-order valence-corrected chi connectivity index (χ0v) is 12.0. The second-order valence-corrected chi connectivity index (χ2v) is 4.61. The summed E-state index contributed by atoms with van der Waals surface area (Å²) in [6.45, 7) is 3.95. The largest absolute Gasteiger partial charge is 0.382 e. The molecule has 20 heavy (non-hydrogen) atoms. The summed E-state index contributed by atoms with van der Waals surface area (Å²) in [6.07, 6.45) is 1.38. The van der Waals surface area contributed by atoms with E-state index in [4.69, 9.17) is 22.1 Å². The van der Waals surface area contributed by atoms with Crippen LogP contribution in [0.25, 0.3) is 0 Å². The Labute approximate surface area is 123 Å². The quantitative estimate of drug-likeness (QED) is 0.856. The van der Waals surface area contributed by atoms with Gasteiger partial charge in [0.05, 0.1) is 6.61 Å². The van der Waals surface area contributed by atoms with Crippen LogP contribution in [0, 0.1) is 0 Å². The molecule has 3 N–H and O–H groups in total. The Morgan fingerprint density at radius 2 is 1.90 bits per heavy atom. The molecular weight excluding hydrogens is 276 g/mol. The van der Waals surface area contributed by atoms with Crippen LogP contribution in [0.15, 0.2) is 30.6 Å². The molecule has 0 amide bonds. The molecule has 0 unspecified atom stereocenters. The first-order chi connectivity index (χ1) is 9.70. The predicted octanol–water partition coefficient (Wildman–Crippen LogP) is 2.86. The Morgan fingerprint density at radius 3 is 2.60 bits per heavy atom. The van der Waals surface area contributed by atoms with Crippen molar-refractivity contribution in [3.8, 4) is 0 Å². The smallest absolute Gasteiger partial charge is 0.150 e. The summed E-state index contributed by atoms with van der Waals surface area (Å²) < 4.78 is 5.35. The number of anilines is 2. The molecule has 0 saturated heterocycles. The van der Waals surface area contributed by atoms with Gasteiger partial charge in [0.2, 0.25) is 0 Å². The van der Waals surface area contributed by atoms with Gasteiger partial charge in [-0.3, -0.25) is 0 Å². The van der Waals surface area contributed by atoms with E-state index in [1.807, 2.05) is 31.2 Å². The lowest BCUT2D eigenvalue weighted by molar-refractivity contribution is 0.134. The van der Waals surface area contributed by atoms with E-state index in [9.17, 15) is 0 Å². The molecule has 1 heterocycles. The van der Waals surface area contributed by atoms with Crippen LogP contribution >= 0.6 is 11.6 Å². The minimum atomic E-state index is 0.274. The molecule has 1 aromatic carbocycles. The second-order valence-electron chi connectivity index (χ2n) is 4.23. The maximum atomic E-state index is 6.01. The summed E-state index contributed by atoms with van der Waals surface area (Å²) >= 11 is 6.01. The van der Waals surface area contributed by atoms with Crippen LogP contribution in [-0.2, 0) is 17.9 Å². The molecule has 0 aliphatic rings. The van der Waals surface area contributed by atoms with Crippen molar-refractivity contribution in [3.05, 3.63) is 46.7 Å². The molecule has 6 heteroatoms. The Hall–Kier alpha value is -1.85. The van der Waals surface area contributed by atoms with Crippen molar-refractivity contribution >= 4 is 23.2 Å². The van der Waals surface area contributed by atoms with E-state index < -0.39 is 0 Å². The second kappa shape index (κ2) is 7.07. The number of aromatic nitrogens is 2. The van der Waals surface area contributed by atoms with Gasteiger partial charge in [0.1, 0.15) is 17.2 Å². The van der Waals surface area contributed by atoms with Crippen molar-refractivity contribution in [1.29, 1.82) is 0 Å². The average Bonchev–Trinajstić information content (AvgIpc) is 2.48. The van der Waals surface area contributed by atoms with E-state index in [-0.39, 0.29) is 5.82 Å². The van der Waals surface area contributed by atoms with Crippen molar-refractivity contribution in [3.63, 3.8) is 0 Å². The molecule has 1 aromatic heterocycles. The lowest BCUT2D eigenvalue weighted by Gasteiger charge is -2.09. The maximum Gasteiger partial charge on any atom is 0.150 e. The maximum absolute atomic E-state index is 6.01. The van der Waals surface area contributed by atoms with E-state index in [0.717, 1.165) is 17.7 Å². The third-order valence-corrected chi connectivity index (χ3v) is 3.14. The highest BCUT2D eigenvalue weighted by Gasteiger charge is 2.05. The van der Waals surface area contributed by atoms with E-state index >= 15 is 0 Å². The average molecular weight is 293 g/mol. The number of benzene rings is 1. The van der Waals surface area contributed by atoms with E-state index in [1.54, 1.807) is 0 Å². The molecular formula is C14H17ClN4O. The fourth-order valence-electron chi connectivity index (χ4n) is 1.67. The summed E-state index contributed by atoms with van der Waals surface area (Å²) in [5.41, 5.74) is 7.90. The molecule has 0 aliphatic carbocycles. The Morgan fingerprint density at radius 1 is 1.20 bits per heavy atom. The number of hydrogen-bond acceptors (Lipinski definition) is 5. The van der Waals surface area contributed by atoms with Gasteiger partial charge in [0.25, 0.3) is 0 Å². The molecule has 5 nitrogen and oxygen atoms in total. The SMILES string of the molecule is CCOCc1ccc(CNc2ncnc(N)c2Cl)cc1. The van der Waals surface area contributed by atoms with Gasteiger partial charge >= 0.3 is 0 Å². The lowest BCUT2D eigenvalue weighted by Crippen LogP contribution is -2.04. The molecule has 0 bridgehead atoms. The van der Waals surface area contributed by atoms with Gasteiger partial charge in [-0.15, -0.1) is 0 Å². The summed E-state index contributed by atoms with van der Waals surface area (Å²) in [7, 11) is 0. The van der Waals surface area contributed by atoms with Crippen LogP contribution in [0.5, 0.6) is 0 Å². The molecule has 2 aromatic rings. The number of nitrogens with one attached hydrogen (secondary N) is 1. The zero-order valence-electron chi connectivity index (χ0n) is 11.3. The van der Waals surface area contributed by atoms with Crippen molar-refractivity contribution in [2.75, 3.05) is 17.7 Å². The number of rotatable bonds is 6. The molecule has 0 atom stereocenters. The number of nitrogens with two attached hydrogens (primary N) is 1. The summed E-state index contributed by atoms with van der Waals surface area (Å²) in [4.78, 5) is 7.87. The van der Waals surface area contributed by atoms with E-state index in [2.05, 4.69) is 15.3 Å².